The molecule has 0 spiro atoms. The standard InChI is InChI=1S/C15H17F2N3O2/c1-2-8-18-15(21)19-11-7-9-20(10-11)12-5-3-4-6-13(12)22-14(16)17/h1,3-6,11,14H,7-10H2,(H2,18,19,21). The van der Waals surface area contributed by atoms with Crippen molar-refractivity contribution in [3.63, 3.8) is 0 Å². The summed E-state index contributed by atoms with van der Waals surface area (Å²) in [5.74, 6) is 2.45. The molecular weight excluding hydrogens is 292 g/mol. The van der Waals surface area contributed by atoms with E-state index in [9.17, 15) is 13.6 Å². The van der Waals surface area contributed by atoms with Gasteiger partial charge in [-0.05, 0) is 18.6 Å². The van der Waals surface area contributed by atoms with Crippen LogP contribution in [0.3, 0.4) is 0 Å². The van der Waals surface area contributed by atoms with E-state index in [2.05, 4.69) is 21.3 Å². The Morgan fingerprint density at radius 2 is 2.27 bits per heavy atom. The number of carbonyl (C=O) groups is 1. The molecule has 1 heterocycles. The van der Waals surface area contributed by atoms with Gasteiger partial charge in [-0.15, -0.1) is 6.42 Å². The van der Waals surface area contributed by atoms with Crippen molar-refractivity contribution in [3.05, 3.63) is 24.3 Å². The first-order valence-electron chi connectivity index (χ1n) is 6.86. The molecule has 5 nitrogen and oxygen atoms in total. The molecule has 0 aliphatic carbocycles. The number of amides is 2. The highest BCUT2D eigenvalue weighted by Gasteiger charge is 2.26. The number of nitrogens with one attached hydrogen (secondary N) is 2. The number of halogens is 2. The third kappa shape index (κ3) is 4.25. The molecule has 1 unspecified atom stereocenters. The smallest absolute Gasteiger partial charge is 0.387 e. The molecule has 0 bridgehead atoms. The lowest BCUT2D eigenvalue weighted by atomic mass is 10.2. The molecule has 118 valence electrons. The molecule has 22 heavy (non-hydrogen) atoms. The molecule has 0 radical (unpaired) electrons. The molecule has 1 aliphatic heterocycles. The van der Waals surface area contributed by atoms with Gasteiger partial charge in [0.25, 0.3) is 0 Å². The first-order chi connectivity index (χ1) is 10.6. The Balaban J connectivity index is 1.96. The number of hydrogen-bond donors (Lipinski definition) is 2. The van der Waals surface area contributed by atoms with Crippen LogP contribution in [0, 0.1) is 12.3 Å². The number of urea groups is 1. The van der Waals surface area contributed by atoms with Gasteiger partial charge in [0.2, 0.25) is 0 Å². The van der Waals surface area contributed by atoms with Crippen molar-refractivity contribution >= 4 is 11.7 Å². The number of anilines is 1. The Hall–Kier alpha value is -2.49. The molecule has 2 amide bonds. The lowest BCUT2D eigenvalue weighted by molar-refractivity contribution is -0.0495. The SMILES string of the molecule is C#CCNC(=O)NC1CCN(c2ccccc2OC(F)F)C1. The molecule has 1 aromatic carbocycles. The summed E-state index contributed by atoms with van der Waals surface area (Å²) in [6.07, 6.45) is 5.78. The van der Waals surface area contributed by atoms with Crippen LogP contribution in [0.15, 0.2) is 24.3 Å². The van der Waals surface area contributed by atoms with Gasteiger partial charge in [-0.1, -0.05) is 18.1 Å². The summed E-state index contributed by atoms with van der Waals surface area (Å²) in [5, 5.41) is 5.32. The van der Waals surface area contributed by atoms with Crippen LogP contribution >= 0.6 is 0 Å². The van der Waals surface area contributed by atoms with Crippen LogP contribution in [-0.2, 0) is 0 Å². The third-order valence-corrected chi connectivity index (χ3v) is 3.30. The number of rotatable bonds is 5. The van der Waals surface area contributed by atoms with Crippen LogP contribution in [0.2, 0.25) is 0 Å². The van der Waals surface area contributed by atoms with Gasteiger partial charge < -0.3 is 20.3 Å². The molecular formula is C15H17F2N3O2. The van der Waals surface area contributed by atoms with Crippen molar-refractivity contribution in [1.82, 2.24) is 10.6 Å². The Labute approximate surface area is 127 Å². The topological polar surface area (TPSA) is 53.6 Å². The fourth-order valence-corrected chi connectivity index (χ4v) is 2.38. The van der Waals surface area contributed by atoms with Crippen LogP contribution < -0.4 is 20.3 Å². The number of ether oxygens (including phenoxy) is 1. The lowest BCUT2D eigenvalue weighted by Crippen LogP contribution is -2.43. The van der Waals surface area contributed by atoms with Crippen molar-refractivity contribution in [1.29, 1.82) is 0 Å². The molecule has 1 aromatic rings. The van der Waals surface area contributed by atoms with E-state index in [-0.39, 0.29) is 24.4 Å². The lowest BCUT2D eigenvalue weighted by Gasteiger charge is -2.22. The molecule has 0 aromatic heterocycles. The summed E-state index contributed by atoms with van der Waals surface area (Å²) < 4.78 is 29.4. The van der Waals surface area contributed by atoms with Crippen LogP contribution in [-0.4, -0.2) is 38.3 Å². The van der Waals surface area contributed by atoms with Gasteiger partial charge >= 0.3 is 12.6 Å². The molecule has 2 N–H and O–H groups in total. The summed E-state index contributed by atoms with van der Waals surface area (Å²) in [6, 6.07) is 6.22. The quantitative estimate of drug-likeness (QED) is 0.816. The molecule has 0 saturated carbocycles. The van der Waals surface area contributed by atoms with Crippen molar-refractivity contribution in [3.8, 4) is 18.1 Å². The second-order valence-electron chi connectivity index (χ2n) is 4.81. The second-order valence-corrected chi connectivity index (χ2v) is 4.81. The number of terminal acetylenes is 1. The Bertz CT molecular complexity index is 560. The summed E-state index contributed by atoms with van der Waals surface area (Å²) in [4.78, 5) is 13.5. The van der Waals surface area contributed by atoms with Gasteiger partial charge in [-0.25, -0.2) is 4.79 Å². The number of nitrogens with zero attached hydrogens (tertiary/aromatic N) is 1. The number of alkyl halides is 2. The maximum atomic E-state index is 12.4. The number of benzene rings is 1. The zero-order valence-corrected chi connectivity index (χ0v) is 11.9. The van der Waals surface area contributed by atoms with E-state index in [1.807, 2.05) is 4.90 Å². The van der Waals surface area contributed by atoms with Crippen molar-refractivity contribution < 1.29 is 18.3 Å². The minimum absolute atomic E-state index is 0.0719. The number of carbonyl (C=O) groups excluding carboxylic acids is 1. The van der Waals surface area contributed by atoms with E-state index in [1.165, 1.54) is 6.07 Å². The maximum absolute atomic E-state index is 12.4. The monoisotopic (exact) mass is 309 g/mol. The fraction of sp³-hybridized carbons (Fsp3) is 0.400. The first kappa shape index (κ1) is 15.9. The normalized spacial score (nSPS) is 17.2. The molecule has 7 heteroatoms. The molecule has 2 rings (SSSR count). The zero-order chi connectivity index (χ0) is 15.9. The highest BCUT2D eigenvalue weighted by atomic mass is 19.3. The predicted molar refractivity (Wildman–Crippen MR) is 79.1 cm³/mol. The molecule has 1 fully saturated rings. The minimum atomic E-state index is -2.87. The van der Waals surface area contributed by atoms with Crippen LogP contribution in [0.1, 0.15) is 6.42 Å². The zero-order valence-electron chi connectivity index (χ0n) is 11.9. The van der Waals surface area contributed by atoms with Crippen LogP contribution in [0.5, 0.6) is 5.75 Å². The van der Waals surface area contributed by atoms with E-state index in [0.29, 0.717) is 25.2 Å². The van der Waals surface area contributed by atoms with Gasteiger partial charge in [-0.2, -0.15) is 8.78 Å². The minimum Gasteiger partial charge on any atom is -0.433 e. The van der Waals surface area contributed by atoms with Gasteiger partial charge in [0.1, 0.15) is 5.75 Å². The van der Waals surface area contributed by atoms with Crippen molar-refractivity contribution in [2.45, 2.75) is 19.1 Å². The number of para-hydroxylation sites is 2. The van der Waals surface area contributed by atoms with Crippen molar-refractivity contribution in [2.24, 2.45) is 0 Å². The number of hydrogen-bond acceptors (Lipinski definition) is 3. The summed E-state index contributed by atoms with van der Waals surface area (Å²) in [6.45, 7) is -1.54. The molecule has 1 saturated heterocycles. The second kappa shape index (κ2) is 7.50. The highest BCUT2D eigenvalue weighted by Crippen LogP contribution is 2.31. The van der Waals surface area contributed by atoms with Crippen molar-refractivity contribution in [2.75, 3.05) is 24.5 Å². The maximum Gasteiger partial charge on any atom is 0.387 e. The summed E-state index contributed by atoms with van der Waals surface area (Å²) >= 11 is 0. The largest absolute Gasteiger partial charge is 0.433 e. The van der Waals surface area contributed by atoms with Gasteiger partial charge in [-0.3, -0.25) is 0 Å². The predicted octanol–water partition coefficient (Wildman–Crippen LogP) is 1.80. The van der Waals surface area contributed by atoms with Crippen LogP contribution in [0.4, 0.5) is 19.3 Å². The van der Waals surface area contributed by atoms with Crippen LogP contribution in [0.25, 0.3) is 0 Å². The Morgan fingerprint density at radius 3 is 3.00 bits per heavy atom. The van der Waals surface area contributed by atoms with Gasteiger partial charge in [0.15, 0.2) is 0 Å². The average molecular weight is 309 g/mol. The average Bonchev–Trinajstić information content (AvgIpc) is 2.93. The highest BCUT2D eigenvalue weighted by molar-refractivity contribution is 5.74. The first-order valence-corrected chi connectivity index (χ1v) is 6.86. The third-order valence-electron chi connectivity index (χ3n) is 3.30. The van der Waals surface area contributed by atoms with E-state index in [4.69, 9.17) is 6.42 Å². The van der Waals surface area contributed by atoms with E-state index >= 15 is 0 Å². The molecule has 1 aliphatic rings. The molecule has 1 atom stereocenters. The van der Waals surface area contributed by atoms with Gasteiger partial charge in [0.05, 0.1) is 12.2 Å². The summed E-state index contributed by atoms with van der Waals surface area (Å²) in [5.41, 5.74) is 0.594. The summed E-state index contributed by atoms with van der Waals surface area (Å²) in [7, 11) is 0. The van der Waals surface area contributed by atoms with E-state index < -0.39 is 6.61 Å². The fourth-order valence-electron chi connectivity index (χ4n) is 2.38. The van der Waals surface area contributed by atoms with E-state index in [1.54, 1.807) is 18.2 Å². The van der Waals surface area contributed by atoms with E-state index in [0.717, 1.165) is 0 Å². The van der Waals surface area contributed by atoms with Gasteiger partial charge in [0, 0.05) is 19.1 Å². The Morgan fingerprint density at radius 1 is 1.50 bits per heavy atom. The Kier molecular flexibility index (Phi) is 5.42.